The van der Waals surface area contributed by atoms with Crippen LogP contribution in [0.5, 0.6) is 0 Å². The van der Waals surface area contributed by atoms with Crippen molar-refractivity contribution in [1.82, 2.24) is 19.5 Å². The summed E-state index contributed by atoms with van der Waals surface area (Å²) in [6, 6.07) is 15.0. The largest absolute Gasteiger partial charge is 0.378 e. The van der Waals surface area contributed by atoms with Crippen molar-refractivity contribution >= 4 is 44.2 Å². The Labute approximate surface area is 197 Å². The molecular weight excluding hydrogens is 454 g/mol. The molecule has 1 fully saturated rings. The van der Waals surface area contributed by atoms with Gasteiger partial charge in [0, 0.05) is 43.1 Å². The quantitative estimate of drug-likeness (QED) is 0.434. The van der Waals surface area contributed by atoms with Crippen LogP contribution in [0.1, 0.15) is 0 Å². The minimum Gasteiger partial charge on any atom is -0.378 e. The van der Waals surface area contributed by atoms with Gasteiger partial charge in [0.15, 0.2) is 0 Å². The topological polar surface area (TPSA) is 114 Å². The van der Waals surface area contributed by atoms with Crippen molar-refractivity contribution in [1.29, 1.82) is 0 Å². The van der Waals surface area contributed by atoms with Crippen LogP contribution in [0.2, 0.25) is 0 Å². The molecule has 11 heteroatoms. The Bertz CT molecular complexity index is 1430. The monoisotopic (exact) mass is 479 g/mol. The molecule has 2 aromatic heterocycles. The summed E-state index contributed by atoms with van der Waals surface area (Å²) in [4.78, 5) is 16.1. The number of ether oxygens (including phenoxy) is 1. The Morgan fingerprint density at radius 3 is 2.44 bits per heavy atom. The number of nitrogens with zero attached hydrogens (tertiary/aromatic N) is 5. The number of imidazole rings is 1. The van der Waals surface area contributed by atoms with E-state index in [-0.39, 0.29) is 0 Å². The Hall–Kier alpha value is -3.70. The van der Waals surface area contributed by atoms with Crippen LogP contribution in [0.4, 0.5) is 23.1 Å². The highest BCUT2D eigenvalue weighted by Crippen LogP contribution is 2.28. The predicted molar refractivity (Wildman–Crippen MR) is 133 cm³/mol. The number of aromatic nitrogens is 4. The normalized spacial score (nSPS) is 14.4. The average Bonchev–Trinajstić information content (AvgIpc) is 3.20. The van der Waals surface area contributed by atoms with E-state index in [0.717, 1.165) is 47.3 Å². The van der Waals surface area contributed by atoms with E-state index in [1.54, 1.807) is 30.6 Å². The summed E-state index contributed by atoms with van der Waals surface area (Å²) in [6.45, 7) is 2.70. The third-order valence-corrected chi connectivity index (χ3v) is 6.10. The zero-order valence-corrected chi connectivity index (χ0v) is 19.7. The number of anilines is 4. The zero-order chi connectivity index (χ0) is 23.7. The highest BCUT2D eigenvalue weighted by Gasteiger charge is 2.17. The first-order chi connectivity index (χ1) is 16.3. The smallest absolute Gasteiger partial charge is 0.229 e. The van der Waals surface area contributed by atoms with Crippen molar-refractivity contribution in [2.75, 3.05) is 47.5 Å². The van der Waals surface area contributed by atoms with Gasteiger partial charge in [0.1, 0.15) is 5.82 Å². The van der Waals surface area contributed by atoms with Crippen molar-refractivity contribution in [3.05, 3.63) is 54.9 Å². The molecule has 1 aliphatic heterocycles. The molecule has 0 atom stereocenters. The molecule has 5 rings (SSSR count). The van der Waals surface area contributed by atoms with E-state index in [1.165, 1.54) is 0 Å². The fraction of sp³-hybridized carbons (Fsp3) is 0.261. The molecule has 0 radical (unpaired) electrons. The van der Waals surface area contributed by atoms with Gasteiger partial charge >= 0.3 is 0 Å². The molecule has 0 saturated carbocycles. The molecule has 0 spiro atoms. The molecule has 2 N–H and O–H groups in total. The number of aryl methyl sites for hydroxylation is 1. The first kappa shape index (κ1) is 22.1. The molecular formula is C23H25N7O3S. The first-order valence-corrected chi connectivity index (χ1v) is 12.7. The van der Waals surface area contributed by atoms with Crippen LogP contribution in [-0.2, 0) is 21.8 Å². The maximum atomic E-state index is 11.5. The van der Waals surface area contributed by atoms with Gasteiger partial charge in [-0.25, -0.2) is 18.4 Å². The van der Waals surface area contributed by atoms with Crippen molar-refractivity contribution < 1.29 is 13.2 Å². The van der Waals surface area contributed by atoms with Gasteiger partial charge < -0.3 is 19.5 Å². The molecule has 176 valence electrons. The highest BCUT2D eigenvalue weighted by molar-refractivity contribution is 7.92. The van der Waals surface area contributed by atoms with Crippen LogP contribution in [0.3, 0.4) is 0 Å². The minimum atomic E-state index is -3.33. The molecule has 10 nitrogen and oxygen atoms in total. The molecule has 0 aliphatic carbocycles. The third kappa shape index (κ3) is 4.95. The van der Waals surface area contributed by atoms with Crippen molar-refractivity contribution in [3.63, 3.8) is 0 Å². The van der Waals surface area contributed by atoms with E-state index in [4.69, 9.17) is 14.7 Å². The molecule has 0 unspecified atom stereocenters. The number of hydrogen-bond acceptors (Lipinski definition) is 8. The SMILES string of the molecule is Cn1cnc2ccc(-c3cc(Nc4ccc(NS(C)(=O)=O)cc4)nc(N4CCOCC4)n3)cc21. The average molecular weight is 480 g/mol. The lowest BCUT2D eigenvalue weighted by molar-refractivity contribution is 0.122. The van der Waals surface area contributed by atoms with Crippen LogP contribution in [0.25, 0.3) is 22.3 Å². The number of rotatable bonds is 6. The molecule has 0 bridgehead atoms. The molecule has 1 saturated heterocycles. The lowest BCUT2D eigenvalue weighted by atomic mass is 10.1. The van der Waals surface area contributed by atoms with E-state index < -0.39 is 10.0 Å². The second kappa shape index (κ2) is 8.92. The maximum Gasteiger partial charge on any atom is 0.229 e. The van der Waals surface area contributed by atoms with E-state index >= 15 is 0 Å². The summed E-state index contributed by atoms with van der Waals surface area (Å²) in [6.07, 6.45) is 2.92. The Morgan fingerprint density at radius 2 is 1.71 bits per heavy atom. The van der Waals surface area contributed by atoms with Crippen LogP contribution in [-0.4, -0.2) is 60.5 Å². The number of hydrogen-bond donors (Lipinski definition) is 2. The van der Waals surface area contributed by atoms with Gasteiger partial charge in [-0.3, -0.25) is 4.72 Å². The predicted octanol–water partition coefficient (Wildman–Crippen LogP) is 2.98. The van der Waals surface area contributed by atoms with Crippen LogP contribution in [0.15, 0.2) is 54.9 Å². The van der Waals surface area contributed by atoms with Crippen molar-refractivity contribution in [3.8, 4) is 11.3 Å². The van der Waals surface area contributed by atoms with Gasteiger partial charge in [-0.1, -0.05) is 6.07 Å². The molecule has 3 heterocycles. The van der Waals surface area contributed by atoms with E-state index in [9.17, 15) is 8.42 Å². The Balaban J connectivity index is 1.50. The maximum absolute atomic E-state index is 11.5. The molecule has 34 heavy (non-hydrogen) atoms. The summed E-state index contributed by atoms with van der Waals surface area (Å²) in [5, 5.41) is 3.32. The Kier molecular flexibility index (Phi) is 5.80. The standard InChI is InChI=1S/C23H25N7O3S/c1-29-15-24-19-8-3-16(13-21(19)29)20-14-22(27-23(26-20)30-9-11-33-12-10-30)25-17-4-6-18(7-5-17)28-34(2,31)32/h3-8,13-15,28H,9-12H2,1-2H3,(H,25,26,27). The lowest BCUT2D eigenvalue weighted by Gasteiger charge is -2.27. The number of sulfonamides is 1. The summed E-state index contributed by atoms with van der Waals surface area (Å²) in [7, 11) is -1.36. The second-order valence-electron chi connectivity index (χ2n) is 8.17. The van der Waals surface area contributed by atoms with Gasteiger partial charge in [0.2, 0.25) is 16.0 Å². The molecule has 2 aromatic carbocycles. The number of fused-ring (bicyclic) bond motifs is 1. The van der Waals surface area contributed by atoms with Gasteiger partial charge in [-0.15, -0.1) is 0 Å². The minimum absolute atomic E-state index is 0.495. The van der Waals surface area contributed by atoms with Gasteiger partial charge in [-0.2, -0.15) is 4.98 Å². The Morgan fingerprint density at radius 1 is 0.971 bits per heavy atom. The van der Waals surface area contributed by atoms with Gasteiger partial charge in [0.05, 0.1) is 42.5 Å². The summed E-state index contributed by atoms with van der Waals surface area (Å²) in [5.74, 6) is 1.27. The second-order valence-corrected chi connectivity index (χ2v) is 9.92. The fourth-order valence-electron chi connectivity index (χ4n) is 3.82. The van der Waals surface area contributed by atoms with Gasteiger partial charge in [0.25, 0.3) is 0 Å². The lowest BCUT2D eigenvalue weighted by Crippen LogP contribution is -2.37. The first-order valence-electron chi connectivity index (χ1n) is 10.8. The number of benzene rings is 2. The number of nitrogens with one attached hydrogen (secondary N) is 2. The van der Waals surface area contributed by atoms with E-state index in [0.29, 0.717) is 30.7 Å². The fourth-order valence-corrected chi connectivity index (χ4v) is 4.38. The van der Waals surface area contributed by atoms with Crippen molar-refractivity contribution in [2.24, 2.45) is 7.05 Å². The summed E-state index contributed by atoms with van der Waals surface area (Å²) >= 11 is 0. The van der Waals surface area contributed by atoms with E-state index in [1.807, 2.05) is 29.8 Å². The molecule has 0 amide bonds. The summed E-state index contributed by atoms with van der Waals surface area (Å²) < 4.78 is 32.9. The van der Waals surface area contributed by atoms with Gasteiger partial charge in [-0.05, 0) is 36.4 Å². The third-order valence-electron chi connectivity index (χ3n) is 5.49. The van der Waals surface area contributed by atoms with E-state index in [2.05, 4.69) is 26.0 Å². The highest BCUT2D eigenvalue weighted by atomic mass is 32.2. The molecule has 1 aliphatic rings. The molecule has 4 aromatic rings. The van der Waals surface area contributed by atoms with Crippen molar-refractivity contribution in [2.45, 2.75) is 0 Å². The van der Waals surface area contributed by atoms with Crippen LogP contribution < -0.4 is 14.9 Å². The zero-order valence-electron chi connectivity index (χ0n) is 18.9. The van der Waals surface area contributed by atoms with Crippen LogP contribution in [0, 0.1) is 0 Å². The van der Waals surface area contributed by atoms with Crippen LogP contribution >= 0.6 is 0 Å². The summed E-state index contributed by atoms with van der Waals surface area (Å²) in [5.41, 5.74) is 4.97. The number of morpholine rings is 1.